The molecule has 8 nitrogen and oxygen atoms in total. The van der Waals surface area contributed by atoms with E-state index in [1.807, 2.05) is 13.8 Å². The van der Waals surface area contributed by atoms with E-state index in [0.29, 0.717) is 17.7 Å². The molecule has 0 bridgehead atoms. The van der Waals surface area contributed by atoms with Gasteiger partial charge in [-0.05, 0) is 37.0 Å². The van der Waals surface area contributed by atoms with Gasteiger partial charge in [0.05, 0.1) is 6.61 Å². The largest absolute Gasteiger partial charge is 0.414 e. The van der Waals surface area contributed by atoms with Crippen LogP contribution in [0.5, 0.6) is 0 Å². The lowest BCUT2D eigenvalue weighted by molar-refractivity contribution is -0.200. The molecule has 1 aromatic heterocycles. The van der Waals surface area contributed by atoms with Crippen molar-refractivity contribution in [1.82, 2.24) is 9.55 Å². The van der Waals surface area contributed by atoms with E-state index in [9.17, 15) is 4.79 Å². The third-order valence-electron chi connectivity index (χ3n) is 7.64. The minimum atomic E-state index is -2.06. The van der Waals surface area contributed by atoms with Gasteiger partial charge in [-0.25, -0.2) is 4.79 Å². The number of nitrogens with zero attached hydrogens (tertiary/aromatic N) is 2. The van der Waals surface area contributed by atoms with Crippen LogP contribution in [0, 0.1) is 0 Å². The average Bonchev–Trinajstić information content (AvgIpc) is 3.25. The summed E-state index contributed by atoms with van der Waals surface area (Å²) in [7, 11) is -2.06. The van der Waals surface area contributed by atoms with Crippen molar-refractivity contribution in [1.29, 1.82) is 0 Å². The van der Waals surface area contributed by atoms with E-state index in [-0.39, 0.29) is 18.0 Å². The summed E-state index contributed by atoms with van der Waals surface area (Å²) in [6, 6.07) is 2.75. The minimum absolute atomic E-state index is 0.184. The van der Waals surface area contributed by atoms with Crippen molar-refractivity contribution in [2.24, 2.45) is 0 Å². The fraction of sp³-hybridized carbons (Fsp3) is 0.846. The molecule has 0 amide bonds. The first-order chi connectivity index (χ1) is 16.5. The number of ether oxygens (including phenoxy) is 3. The number of fused-ring (bicyclic) bond motifs is 1. The molecule has 2 aliphatic heterocycles. The van der Waals surface area contributed by atoms with E-state index < -0.39 is 32.1 Å². The molecule has 0 radical (unpaired) electrons. The highest BCUT2D eigenvalue weighted by atomic mass is 28.4. The lowest BCUT2D eigenvalue weighted by atomic mass is 10.1. The van der Waals surface area contributed by atoms with E-state index in [4.69, 9.17) is 24.4 Å². The van der Waals surface area contributed by atoms with Crippen molar-refractivity contribution in [2.45, 2.75) is 134 Å². The first-order valence-corrected chi connectivity index (χ1v) is 15.8. The van der Waals surface area contributed by atoms with Crippen LogP contribution < -0.4 is 11.4 Å². The first kappa shape index (κ1) is 28.3. The van der Waals surface area contributed by atoms with Crippen molar-refractivity contribution in [2.75, 3.05) is 12.3 Å². The molecule has 0 aromatic carbocycles. The molecule has 0 unspecified atom stereocenters. The molecule has 2 aliphatic rings. The number of unbranched alkanes of at least 4 members (excludes halogenated alkanes) is 5. The summed E-state index contributed by atoms with van der Waals surface area (Å²) in [5.74, 6) is -0.576. The van der Waals surface area contributed by atoms with Gasteiger partial charge >= 0.3 is 5.69 Å². The highest BCUT2D eigenvalue weighted by molar-refractivity contribution is 6.76. The van der Waals surface area contributed by atoms with Crippen molar-refractivity contribution < 1.29 is 18.6 Å². The fourth-order valence-corrected chi connectivity index (χ4v) is 10.3. The van der Waals surface area contributed by atoms with Gasteiger partial charge in [-0.2, -0.15) is 4.98 Å². The Morgan fingerprint density at radius 2 is 1.71 bits per heavy atom. The van der Waals surface area contributed by atoms with Gasteiger partial charge in [0.2, 0.25) is 0 Å². The summed E-state index contributed by atoms with van der Waals surface area (Å²) in [5.41, 5.74) is 6.22. The molecule has 1 aromatic rings. The molecule has 9 heteroatoms. The molecule has 4 atom stereocenters. The Bertz CT molecular complexity index is 867. The van der Waals surface area contributed by atoms with Crippen LogP contribution in [0.1, 0.15) is 93.2 Å². The van der Waals surface area contributed by atoms with Crippen LogP contribution in [0.15, 0.2) is 17.1 Å². The predicted molar refractivity (Wildman–Crippen MR) is 141 cm³/mol. The van der Waals surface area contributed by atoms with Gasteiger partial charge in [-0.3, -0.25) is 4.57 Å². The SMILES string of the molecule is CCCCCCCC[Si](OC[C@H]1O[C@@H](n2ccc(N)nc2=O)[C@@H]2OC(C)(C)O[C@@H]21)(C(C)C)C(C)C. The third kappa shape index (κ3) is 6.55. The summed E-state index contributed by atoms with van der Waals surface area (Å²) in [4.78, 5) is 16.4. The highest BCUT2D eigenvalue weighted by Gasteiger charge is 2.56. The van der Waals surface area contributed by atoms with Crippen LogP contribution in [0.4, 0.5) is 5.82 Å². The maximum Gasteiger partial charge on any atom is 0.351 e. The van der Waals surface area contributed by atoms with Crippen LogP contribution in [0.2, 0.25) is 17.1 Å². The molecular weight excluding hydrogens is 462 g/mol. The van der Waals surface area contributed by atoms with Crippen molar-refractivity contribution in [3.05, 3.63) is 22.7 Å². The summed E-state index contributed by atoms with van der Waals surface area (Å²) in [6.07, 6.45) is 7.60. The zero-order chi connectivity index (χ0) is 25.8. The molecule has 200 valence electrons. The van der Waals surface area contributed by atoms with Crippen molar-refractivity contribution >= 4 is 14.1 Å². The maximum absolute atomic E-state index is 12.6. The topological polar surface area (TPSA) is 97.8 Å². The van der Waals surface area contributed by atoms with Gasteiger partial charge in [0.15, 0.2) is 20.3 Å². The quantitative estimate of drug-likeness (QED) is 0.281. The van der Waals surface area contributed by atoms with Crippen LogP contribution >= 0.6 is 0 Å². The standard InChI is InChI=1S/C26H47N3O5Si/c1-8-9-10-11-12-13-16-35(18(2)3,19(4)5)31-17-20-22-23(34-26(6,7)33-22)24(32-20)29-15-14-21(27)28-25(29)30/h14-15,18-20,22-24H,8-13,16-17H2,1-7H3,(H2,27,28,30)/t20-,22-,23-,24-/m1/s1. The third-order valence-corrected chi connectivity index (χ3v) is 13.4. The molecular formula is C26H47N3O5Si. The van der Waals surface area contributed by atoms with Crippen LogP contribution in [-0.2, 0) is 18.6 Å². The Labute approximate surface area is 212 Å². The summed E-state index contributed by atoms with van der Waals surface area (Å²) in [5, 5.41) is 0. The number of nitrogen functional groups attached to an aromatic ring is 1. The second-order valence-electron chi connectivity index (χ2n) is 11.3. The molecule has 3 rings (SSSR count). The fourth-order valence-electron chi connectivity index (χ4n) is 5.71. The number of hydrogen-bond donors (Lipinski definition) is 1. The summed E-state index contributed by atoms with van der Waals surface area (Å²) in [6.45, 7) is 15.7. The lowest BCUT2D eigenvalue weighted by Crippen LogP contribution is -2.47. The van der Waals surface area contributed by atoms with Gasteiger partial charge in [-0.15, -0.1) is 0 Å². The van der Waals surface area contributed by atoms with Gasteiger partial charge < -0.3 is 24.4 Å². The zero-order valence-corrected chi connectivity index (χ0v) is 23.8. The summed E-state index contributed by atoms with van der Waals surface area (Å²) < 4.78 is 27.2. The van der Waals surface area contributed by atoms with E-state index in [2.05, 4.69) is 39.6 Å². The van der Waals surface area contributed by atoms with Crippen LogP contribution in [0.3, 0.4) is 0 Å². The number of aromatic nitrogens is 2. The number of rotatable bonds is 13. The molecule has 2 N–H and O–H groups in total. The van der Waals surface area contributed by atoms with E-state index >= 15 is 0 Å². The van der Waals surface area contributed by atoms with E-state index in [1.165, 1.54) is 43.1 Å². The maximum atomic E-state index is 12.6. The van der Waals surface area contributed by atoms with Gasteiger partial charge in [0.1, 0.15) is 24.1 Å². The average molecular weight is 510 g/mol. The summed E-state index contributed by atoms with van der Waals surface area (Å²) >= 11 is 0. The molecule has 35 heavy (non-hydrogen) atoms. The van der Waals surface area contributed by atoms with Crippen LogP contribution in [0.25, 0.3) is 0 Å². The second-order valence-corrected chi connectivity index (χ2v) is 16.3. The first-order valence-electron chi connectivity index (χ1n) is 13.5. The lowest BCUT2D eigenvalue weighted by Gasteiger charge is -2.40. The Morgan fingerprint density at radius 3 is 2.34 bits per heavy atom. The van der Waals surface area contributed by atoms with Gasteiger partial charge in [-0.1, -0.05) is 73.1 Å². The molecule has 0 saturated carbocycles. The van der Waals surface area contributed by atoms with E-state index in [1.54, 1.807) is 12.3 Å². The number of hydrogen-bond acceptors (Lipinski definition) is 7. The Balaban J connectivity index is 1.74. The van der Waals surface area contributed by atoms with E-state index in [0.717, 1.165) is 6.04 Å². The molecule has 0 spiro atoms. The molecule has 3 heterocycles. The van der Waals surface area contributed by atoms with Crippen molar-refractivity contribution in [3.63, 3.8) is 0 Å². The Hall–Kier alpha value is -1.26. The Kier molecular flexibility index (Phi) is 9.59. The number of anilines is 1. The monoisotopic (exact) mass is 509 g/mol. The predicted octanol–water partition coefficient (Wildman–Crippen LogP) is 5.39. The minimum Gasteiger partial charge on any atom is -0.414 e. The number of nitrogens with two attached hydrogens (primary N) is 1. The normalized spacial score (nSPS) is 26.1. The van der Waals surface area contributed by atoms with Gasteiger partial charge in [0.25, 0.3) is 0 Å². The molecule has 2 fully saturated rings. The molecule has 0 aliphatic carbocycles. The smallest absolute Gasteiger partial charge is 0.351 e. The zero-order valence-electron chi connectivity index (χ0n) is 22.8. The van der Waals surface area contributed by atoms with Crippen LogP contribution in [-0.4, -0.2) is 48.6 Å². The highest BCUT2D eigenvalue weighted by Crippen LogP contribution is 2.44. The second kappa shape index (κ2) is 11.9. The molecule has 2 saturated heterocycles. The van der Waals surface area contributed by atoms with Gasteiger partial charge in [0, 0.05) is 6.20 Å². The Morgan fingerprint density at radius 1 is 1.09 bits per heavy atom. The van der Waals surface area contributed by atoms with Crippen molar-refractivity contribution in [3.8, 4) is 0 Å².